The van der Waals surface area contributed by atoms with Gasteiger partial charge < -0.3 is 4.74 Å². The van der Waals surface area contributed by atoms with Crippen LogP contribution in [-0.4, -0.2) is 41.0 Å². The Hall–Kier alpha value is -2.33. The average molecular weight is 297 g/mol. The van der Waals surface area contributed by atoms with Crippen molar-refractivity contribution in [3.8, 4) is 5.82 Å². The van der Waals surface area contributed by atoms with Crippen LogP contribution in [0, 0.1) is 0 Å². The van der Waals surface area contributed by atoms with Crippen molar-refractivity contribution in [2.75, 3.05) is 6.61 Å². The minimum Gasteiger partial charge on any atom is -0.462 e. The lowest BCUT2D eigenvalue weighted by atomic mass is 10.4. The number of nitrogens with zero attached hydrogens (tertiary/aromatic N) is 4. The highest BCUT2D eigenvalue weighted by atomic mass is 32.2. The summed E-state index contributed by atoms with van der Waals surface area (Å²) in [4.78, 5) is 11.7. The minimum atomic E-state index is -4.20. The Balaban J connectivity index is 2.64. The maximum atomic E-state index is 11.7. The molecule has 20 heavy (non-hydrogen) atoms. The first kappa shape index (κ1) is 14.1. The Bertz CT molecular complexity index is 725. The van der Waals surface area contributed by atoms with Gasteiger partial charge in [0, 0.05) is 6.20 Å². The zero-order chi connectivity index (χ0) is 14.8. The monoisotopic (exact) mass is 297 g/mol. The molecule has 2 aromatic rings. The molecule has 0 saturated heterocycles. The Morgan fingerprint density at radius 1 is 1.50 bits per heavy atom. The molecule has 0 aliphatic rings. The number of nitrogens with two attached hydrogens (primary N) is 1. The molecule has 0 radical (unpaired) electrons. The van der Waals surface area contributed by atoms with Crippen LogP contribution in [0.2, 0.25) is 0 Å². The van der Waals surface area contributed by atoms with Crippen LogP contribution in [0.15, 0.2) is 29.6 Å². The summed E-state index contributed by atoms with van der Waals surface area (Å²) in [6.07, 6.45) is 2.47. The van der Waals surface area contributed by atoms with Crippen molar-refractivity contribution in [3.05, 3.63) is 30.1 Å². The molecule has 106 valence electrons. The van der Waals surface area contributed by atoms with Crippen molar-refractivity contribution in [1.82, 2.24) is 20.0 Å². The molecule has 0 amide bonds. The van der Waals surface area contributed by atoms with Crippen molar-refractivity contribution in [1.29, 1.82) is 0 Å². The van der Waals surface area contributed by atoms with Gasteiger partial charge in [0.15, 0.2) is 10.8 Å². The van der Waals surface area contributed by atoms with Crippen molar-refractivity contribution in [3.63, 3.8) is 0 Å². The second-order valence-corrected chi connectivity index (χ2v) is 5.10. The van der Waals surface area contributed by atoms with Gasteiger partial charge in [-0.3, -0.25) is 0 Å². The molecule has 0 spiro atoms. The first-order valence-electron chi connectivity index (χ1n) is 5.51. The maximum Gasteiger partial charge on any atom is 0.342 e. The number of sulfonamides is 1. The third-order valence-electron chi connectivity index (χ3n) is 2.27. The molecule has 10 heteroatoms. The van der Waals surface area contributed by atoms with Crippen molar-refractivity contribution < 1.29 is 17.9 Å². The molecule has 0 atom stereocenters. The Kier molecular flexibility index (Phi) is 3.77. The van der Waals surface area contributed by atoms with E-state index >= 15 is 0 Å². The van der Waals surface area contributed by atoms with E-state index in [4.69, 9.17) is 9.88 Å². The lowest BCUT2D eigenvalue weighted by molar-refractivity contribution is 0.0521. The van der Waals surface area contributed by atoms with Crippen LogP contribution in [0.1, 0.15) is 17.3 Å². The summed E-state index contributed by atoms with van der Waals surface area (Å²) in [5, 5.41) is 15.8. The number of aromatic nitrogens is 4. The number of ether oxygens (including phenoxy) is 1. The van der Waals surface area contributed by atoms with Crippen LogP contribution in [0.4, 0.5) is 0 Å². The van der Waals surface area contributed by atoms with Crippen LogP contribution < -0.4 is 5.14 Å². The van der Waals surface area contributed by atoms with Crippen LogP contribution in [0.3, 0.4) is 0 Å². The van der Waals surface area contributed by atoms with Gasteiger partial charge in [-0.1, -0.05) is 0 Å². The Labute approximate surface area is 114 Å². The largest absolute Gasteiger partial charge is 0.462 e. The average Bonchev–Trinajstić information content (AvgIpc) is 2.84. The number of hydrogen-bond donors (Lipinski definition) is 1. The highest BCUT2D eigenvalue weighted by molar-refractivity contribution is 7.89. The van der Waals surface area contributed by atoms with E-state index in [9.17, 15) is 13.2 Å². The van der Waals surface area contributed by atoms with E-state index in [1.165, 1.54) is 12.3 Å². The maximum absolute atomic E-state index is 11.7. The SMILES string of the molecule is CCOC(=O)c1cnn(-c2cccnn2)c1S(N)(=O)=O. The summed E-state index contributed by atoms with van der Waals surface area (Å²) in [5.74, 6) is -0.710. The number of carbonyl (C=O) groups excluding carboxylic acids is 1. The second kappa shape index (κ2) is 5.35. The van der Waals surface area contributed by atoms with E-state index in [2.05, 4.69) is 15.3 Å². The van der Waals surface area contributed by atoms with Crippen LogP contribution in [-0.2, 0) is 14.8 Å². The molecule has 0 bridgehead atoms. The lowest BCUT2D eigenvalue weighted by Gasteiger charge is -2.05. The first-order valence-corrected chi connectivity index (χ1v) is 7.05. The summed E-state index contributed by atoms with van der Waals surface area (Å²) >= 11 is 0. The van der Waals surface area contributed by atoms with Crippen LogP contribution >= 0.6 is 0 Å². The standard InChI is InChI=1S/C10H11N5O4S/c1-2-19-10(16)7-6-13-15(9(7)20(11,17)18)8-4-3-5-12-14-8/h3-6H,2H2,1H3,(H2,11,17,18). The van der Waals surface area contributed by atoms with Gasteiger partial charge in [-0.05, 0) is 19.1 Å². The fraction of sp³-hybridized carbons (Fsp3) is 0.200. The summed E-state index contributed by atoms with van der Waals surface area (Å²) < 4.78 is 29.0. The molecule has 0 aromatic carbocycles. The molecule has 0 unspecified atom stereocenters. The molecule has 0 saturated carbocycles. The summed E-state index contributed by atoms with van der Waals surface area (Å²) in [7, 11) is -4.20. The lowest BCUT2D eigenvalue weighted by Crippen LogP contribution is -2.21. The number of rotatable bonds is 4. The van der Waals surface area contributed by atoms with E-state index in [-0.39, 0.29) is 18.0 Å². The van der Waals surface area contributed by atoms with Crippen LogP contribution in [0.25, 0.3) is 5.82 Å². The fourth-order valence-electron chi connectivity index (χ4n) is 1.53. The second-order valence-electron chi connectivity index (χ2n) is 3.62. The minimum absolute atomic E-state index is 0.0964. The zero-order valence-corrected chi connectivity index (χ0v) is 11.2. The van der Waals surface area contributed by atoms with E-state index < -0.39 is 21.0 Å². The van der Waals surface area contributed by atoms with Gasteiger partial charge in [0.2, 0.25) is 0 Å². The van der Waals surface area contributed by atoms with Gasteiger partial charge in [-0.25, -0.2) is 18.4 Å². The van der Waals surface area contributed by atoms with Crippen molar-refractivity contribution in [2.24, 2.45) is 5.14 Å². The third kappa shape index (κ3) is 2.65. The summed E-state index contributed by atoms with van der Waals surface area (Å²) in [6.45, 7) is 1.70. The topological polar surface area (TPSA) is 130 Å². The van der Waals surface area contributed by atoms with E-state index in [1.54, 1.807) is 13.0 Å². The van der Waals surface area contributed by atoms with Gasteiger partial charge in [0.05, 0.1) is 12.8 Å². The van der Waals surface area contributed by atoms with E-state index in [1.807, 2.05) is 0 Å². The van der Waals surface area contributed by atoms with Gasteiger partial charge in [0.1, 0.15) is 5.56 Å². The summed E-state index contributed by atoms with van der Waals surface area (Å²) in [5.41, 5.74) is -0.250. The fourth-order valence-corrected chi connectivity index (χ4v) is 2.35. The molecule has 0 aliphatic heterocycles. The molecule has 2 heterocycles. The van der Waals surface area contributed by atoms with Gasteiger partial charge in [0.25, 0.3) is 10.0 Å². The van der Waals surface area contributed by atoms with Crippen molar-refractivity contribution >= 4 is 16.0 Å². The highest BCUT2D eigenvalue weighted by Crippen LogP contribution is 2.18. The van der Waals surface area contributed by atoms with Gasteiger partial charge >= 0.3 is 5.97 Å². The van der Waals surface area contributed by atoms with Crippen molar-refractivity contribution in [2.45, 2.75) is 11.9 Å². The molecule has 0 aliphatic carbocycles. The molecule has 9 nitrogen and oxygen atoms in total. The third-order valence-corrected chi connectivity index (χ3v) is 3.20. The number of primary sulfonamides is 1. The quantitative estimate of drug-likeness (QED) is 0.752. The molecule has 2 rings (SSSR count). The number of carbonyl (C=O) groups is 1. The smallest absolute Gasteiger partial charge is 0.342 e. The summed E-state index contributed by atoms with van der Waals surface area (Å²) in [6, 6.07) is 3.02. The van der Waals surface area contributed by atoms with E-state index in [0.29, 0.717) is 0 Å². The van der Waals surface area contributed by atoms with Gasteiger partial charge in [-0.2, -0.15) is 14.9 Å². The molecular weight excluding hydrogens is 286 g/mol. The van der Waals surface area contributed by atoms with E-state index in [0.717, 1.165) is 10.9 Å². The molecule has 2 N–H and O–H groups in total. The first-order chi connectivity index (χ1) is 9.45. The predicted octanol–water partition coefficient (Wildman–Crippen LogP) is -0.514. The molecular formula is C10H11N5O4S. The Morgan fingerprint density at radius 3 is 2.80 bits per heavy atom. The van der Waals surface area contributed by atoms with Gasteiger partial charge in [-0.15, -0.1) is 5.10 Å². The molecule has 2 aromatic heterocycles. The predicted molar refractivity (Wildman–Crippen MR) is 66.5 cm³/mol. The van der Waals surface area contributed by atoms with Crippen LogP contribution in [0.5, 0.6) is 0 Å². The number of hydrogen-bond acceptors (Lipinski definition) is 7. The zero-order valence-electron chi connectivity index (χ0n) is 10.4. The number of esters is 1. The molecule has 0 fully saturated rings. The Morgan fingerprint density at radius 2 is 2.25 bits per heavy atom. The normalized spacial score (nSPS) is 11.3. The highest BCUT2D eigenvalue weighted by Gasteiger charge is 2.27.